The Morgan fingerprint density at radius 2 is 1.09 bits per heavy atom. The quantitative estimate of drug-likeness (QED) is 0.910. The van der Waals surface area contributed by atoms with Crippen LogP contribution in [0.4, 0.5) is 0 Å². The van der Waals surface area contributed by atoms with E-state index in [1.165, 1.54) is 0 Å². The van der Waals surface area contributed by atoms with Gasteiger partial charge in [-0.05, 0) is 45.7 Å². The maximum absolute atomic E-state index is 13.2. The highest BCUT2D eigenvalue weighted by Gasteiger charge is 2.52. The van der Waals surface area contributed by atoms with Crippen LogP contribution in [-0.4, -0.2) is 18.8 Å². The van der Waals surface area contributed by atoms with E-state index in [4.69, 9.17) is 0 Å². The van der Waals surface area contributed by atoms with E-state index >= 15 is 0 Å². The number of hydrogen-bond acceptors (Lipinski definition) is 2. The van der Waals surface area contributed by atoms with Crippen molar-refractivity contribution < 1.29 is 9.32 Å². The third-order valence-electron chi connectivity index (χ3n) is 4.27. The first-order valence-electron chi connectivity index (χ1n) is 7.87. The van der Waals surface area contributed by atoms with E-state index in [0.29, 0.717) is 0 Å². The molecule has 0 saturated heterocycles. The maximum atomic E-state index is 13.2. The van der Waals surface area contributed by atoms with Crippen LogP contribution in [0.15, 0.2) is 60.7 Å². The number of benzene rings is 2. The van der Waals surface area contributed by atoms with Crippen molar-refractivity contribution in [1.82, 2.24) is 0 Å². The van der Waals surface area contributed by atoms with Crippen LogP contribution >= 0.6 is 0 Å². The zero-order chi connectivity index (χ0) is 17.3. The third kappa shape index (κ3) is 3.13. The van der Waals surface area contributed by atoms with Crippen molar-refractivity contribution in [2.45, 2.75) is 49.7 Å². The van der Waals surface area contributed by atoms with Crippen LogP contribution in [0.1, 0.15) is 45.7 Å². The fourth-order valence-electron chi connectivity index (χ4n) is 3.12. The summed E-state index contributed by atoms with van der Waals surface area (Å²) in [6.07, 6.45) is 0. The molecule has 0 radical (unpaired) electrons. The maximum Gasteiger partial charge on any atom is 0.131 e. The summed E-state index contributed by atoms with van der Waals surface area (Å²) in [7, 11) is -1.27. The Labute approximate surface area is 142 Å². The van der Waals surface area contributed by atoms with Gasteiger partial charge >= 0.3 is 0 Å². The molecule has 0 fully saturated rings. The summed E-state index contributed by atoms with van der Waals surface area (Å²) in [6, 6.07) is 19.0. The van der Waals surface area contributed by atoms with Crippen LogP contribution < -0.4 is 0 Å². The number of aliphatic hydroxyl groups is 1. The molecule has 1 atom stereocenters. The lowest BCUT2D eigenvalue weighted by Crippen LogP contribution is -2.55. The highest BCUT2D eigenvalue weighted by molar-refractivity contribution is 7.87. The second-order valence-electron chi connectivity index (χ2n) is 7.33. The predicted octanol–water partition coefficient (Wildman–Crippen LogP) is 4.25. The standard InChI is InChI=1S/C20H26O2S/c1-18(2,3)23(22)19(4,5)20(21,16-12-8-6-9-13-16)17-14-10-7-11-15-17/h6-15,21H,1-5H3. The molecule has 0 aromatic heterocycles. The van der Waals surface area contributed by atoms with Crippen molar-refractivity contribution in [3.05, 3.63) is 71.8 Å². The van der Waals surface area contributed by atoms with Gasteiger partial charge in [0.15, 0.2) is 0 Å². The van der Waals surface area contributed by atoms with Crippen molar-refractivity contribution in [2.75, 3.05) is 0 Å². The molecule has 3 heteroatoms. The third-order valence-corrected chi connectivity index (χ3v) is 6.61. The first-order valence-corrected chi connectivity index (χ1v) is 9.02. The van der Waals surface area contributed by atoms with Gasteiger partial charge in [-0.2, -0.15) is 0 Å². The van der Waals surface area contributed by atoms with Crippen molar-refractivity contribution in [3.63, 3.8) is 0 Å². The lowest BCUT2D eigenvalue weighted by molar-refractivity contribution is 0.0460. The second kappa shape index (κ2) is 6.21. The molecule has 0 heterocycles. The molecule has 124 valence electrons. The molecule has 0 aliphatic rings. The van der Waals surface area contributed by atoms with E-state index in [2.05, 4.69) is 0 Å². The van der Waals surface area contributed by atoms with Crippen LogP contribution in [-0.2, 0) is 16.4 Å². The predicted molar refractivity (Wildman–Crippen MR) is 97.9 cm³/mol. The highest BCUT2D eigenvalue weighted by Crippen LogP contribution is 2.45. The van der Waals surface area contributed by atoms with Gasteiger partial charge < -0.3 is 5.11 Å². The number of rotatable bonds is 4. The van der Waals surface area contributed by atoms with Gasteiger partial charge in [0.25, 0.3) is 0 Å². The van der Waals surface area contributed by atoms with E-state index in [9.17, 15) is 9.32 Å². The fraction of sp³-hybridized carbons (Fsp3) is 0.400. The average Bonchev–Trinajstić information content (AvgIpc) is 2.54. The molecule has 1 unspecified atom stereocenters. The van der Waals surface area contributed by atoms with Gasteiger partial charge in [-0.3, -0.25) is 4.21 Å². The molecule has 0 aliphatic carbocycles. The summed E-state index contributed by atoms with van der Waals surface area (Å²) in [4.78, 5) is 0. The molecular weight excluding hydrogens is 304 g/mol. The van der Waals surface area contributed by atoms with Gasteiger partial charge in [0.1, 0.15) is 5.60 Å². The molecule has 2 nitrogen and oxygen atoms in total. The molecule has 2 aromatic rings. The minimum Gasteiger partial charge on any atom is -0.379 e. The summed E-state index contributed by atoms with van der Waals surface area (Å²) in [6.45, 7) is 9.60. The van der Waals surface area contributed by atoms with Gasteiger partial charge in [-0.15, -0.1) is 0 Å². The topological polar surface area (TPSA) is 37.3 Å². The van der Waals surface area contributed by atoms with Crippen LogP contribution in [0.2, 0.25) is 0 Å². The van der Waals surface area contributed by atoms with E-state index in [0.717, 1.165) is 11.1 Å². The van der Waals surface area contributed by atoms with Crippen molar-refractivity contribution in [2.24, 2.45) is 0 Å². The van der Waals surface area contributed by atoms with Gasteiger partial charge in [0.05, 0.1) is 4.75 Å². The monoisotopic (exact) mass is 330 g/mol. The summed E-state index contributed by atoms with van der Waals surface area (Å²) < 4.78 is 11.9. The Bertz CT molecular complexity index is 630. The van der Waals surface area contributed by atoms with Gasteiger partial charge in [-0.1, -0.05) is 60.7 Å². The second-order valence-corrected chi connectivity index (χ2v) is 10.1. The first-order chi connectivity index (χ1) is 10.6. The Morgan fingerprint density at radius 1 is 0.739 bits per heavy atom. The molecule has 0 saturated carbocycles. The highest BCUT2D eigenvalue weighted by atomic mass is 32.2. The Morgan fingerprint density at radius 3 is 1.39 bits per heavy atom. The van der Waals surface area contributed by atoms with E-state index in [1.807, 2.05) is 95.3 Å². The molecule has 0 spiro atoms. The molecule has 0 amide bonds. The Balaban J connectivity index is 2.71. The molecule has 0 aliphatic heterocycles. The minimum absolute atomic E-state index is 0.430. The van der Waals surface area contributed by atoms with Gasteiger partial charge in [0.2, 0.25) is 0 Å². The minimum atomic E-state index is -1.34. The van der Waals surface area contributed by atoms with Crippen molar-refractivity contribution in [3.8, 4) is 0 Å². The Hall–Kier alpha value is -1.45. The average molecular weight is 330 g/mol. The normalized spacial score (nSPS) is 14.5. The van der Waals surface area contributed by atoms with Crippen LogP contribution in [0.25, 0.3) is 0 Å². The molecular formula is C20H26O2S. The smallest absolute Gasteiger partial charge is 0.131 e. The summed E-state index contributed by atoms with van der Waals surface area (Å²) in [5, 5.41) is 11.8. The lowest BCUT2D eigenvalue weighted by atomic mass is 9.77. The zero-order valence-electron chi connectivity index (χ0n) is 14.5. The van der Waals surface area contributed by atoms with Crippen molar-refractivity contribution in [1.29, 1.82) is 0 Å². The number of hydrogen-bond donors (Lipinski definition) is 1. The molecule has 0 bridgehead atoms. The van der Waals surface area contributed by atoms with Crippen LogP contribution in [0, 0.1) is 0 Å². The van der Waals surface area contributed by atoms with E-state index in [1.54, 1.807) is 0 Å². The van der Waals surface area contributed by atoms with E-state index in [-0.39, 0.29) is 0 Å². The Kier molecular flexibility index (Phi) is 4.84. The van der Waals surface area contributed by atoms with Gasteiger partial charge in [-0.25, -0.2) is 0 Å². The SMILES string of the molecule is CC(C)(C)S(=O)C(C)(C)C(O)(c1ccccc1)c1ccccc1. The fourth-order valence-corrected chi connectivity index (χ4v) is 5.16. The van der Waals surface area contributed by atoms with Crippen molar-refractivity contribution >= 4 is 10.8 Å². The summed E-state index contributed by atoms with van der Waals surface area (Å²) >= 11 is 0. The van der Waals surface area contributed by atoms with Gasteiger partial charge in [0, 0.05) is 15.5 Å². The largest absolute Gasteiger partial charge is 0.379 e. The zero-order valence-corrected chi connectivity index (χ0v) is 15.4. The van der Waals surface area contributed by atoms with Crippen LogP contribution in [0.3, 0.4) is 0 Å². The molecule has 2 rings (SSSR count). The van der Waals surface area contributed by atoms with E-state index < -0.39 is 25.9 Å². The molecule has 23 heavy (non-hydrogen) atoms. The summed E-state index contributed by atoms with van der Waals surface area (Å²) in [5.41, 5.74) is 0.177. The van der Waals surface area contributed by atoms with Crippen LogP contribution in [0.5, 0.6) is 0 Å². The summed E-state index contributed by atoms with van der Waals surface area (Å²) in [5.74, 6) is 0. The molecule has 2 aromatic carbocycles. The first kappa shape index (κ1) is 17.9. The molecule has 1 N–H and O–H groups in total. The lowest BCUT2D eigenvalue weighted by Gasteiger charge is -2.45.